The van der Waals surface area contributed by atoms with Crippen LogP contribution in [0, 0.1) is 6.92 Å². The number of rotatable bonds is 8. The Kier molecular flexibility index (Phi) is 8.80. The van der Waals surface area contributed by atoms with Crippen LogP contribution < -0.4 is 14.9 Å². The smallest absolute Gasteiger partial charge is 0.338 e. The number of ether oxygens (including phenoxy) is 2. The van der Waals surface area contributed by atoms with Gasteiger partial charge in [-0.15, -0.1) is 0 Å². The molecule has 3 aromatic carbocycles. The van der Waals surface area contributed by atoms with E-state index in [1.54, 1.807) is 43.5 Å². The minimum absolute atomic E-state index is 0.189. The number of nitrogens with zero attached hydrogens (tertiary/aromatic N) is 3. The van der Waals surface area contributed by atoms with Crippen LogP contribution in [-0.2, 0) is 20.8 Å². The third kappa shape index (κ3) is 5.61. The molecular weight excluding hydrogens is 622 g/mol. The number of carbonyl (C=O) groups excluding carboxylic acids is 2. The molecule has 0 saturated heterocycles. The summed E-state index contributed by atoms with van der Waals surface area (Å²) in [4.78, 5) is 44.8. The molecule has 3 heterocycles. The van der Waals surface area contributed by atoms with Crippen molar-refractivity contribution < 1.29 is 19.1 Å². The highest BCUT2D eigenvalue weighted by Gasteiger charge is 2.34. The van der Waals surface area contributed by atoms with Gasteiger partial charge in [-0.05, 0) is 69.2 Å². The van der Waals surface area contributed by atoms with Crippen LogP contribution in [0.4, 0.5) is 0 Å². The lowest BCUT2D eigenvalue weighted by Gasteiger charge is -2.25. The molecule has 0 saturated carbocycles. The summed E-state index contributed by atoms with van der Waals surface area (Å²) in [6, 6.07) is 21.9. The average molecular weight is 654 g/mol. The summed E-state index contributed by atoms with van der Waals surface area (Å²) in [5.41, 5.74) is 5.56. The molecule has 0 radical (unpaired) electrons. The van der Waals surface area contributed by atoms with E-state index in [1.807, 2.05) is 61.5 Å². The predicted octanol–water partition coefficient (Wildman–Crippen LogP) is 5.94. The summed E-state index contributed by atoms with van der Waals surface area (Å²) in [6.07, 6.45) is 1.91. The summed E-state index contributed by atoms with van der Waals surface area (Å²) < 4.78 is 14.8. The fraction of sp³-hybridized carbons (Fsp3) is 0.222. The van der Waals surface area contributed by atoms with Gasteiger partial charge < -0.3 is 14.0 Å². The van der Waals surface area contributed by atoms with E-state index in [9.17, 15) is 14.4 Å². The topological polar surface area (TPSA) is 91.9 Å². The zero-order valence-electron chi connectivity index (χ0n) is 25.9. The number of fused-ring (bicyclic) bond motifs is 2. The summed E-state index contributed by atoms with van der Waals surface area (Å²) in [5.74, 6) is -0.876. The Morgan fingerprint density at radius 3 is 2.33 bits per heavy atom. The Balaban J connectivity index is 1.48. The molecule has 1 atom stereocenters. The quantitative estimate of drug-likeness (QED) is 0.193. The van der Waals surface area contributed by atoms with Gasteiger partial charge in [-0.1, -0.05) is 71.5 Å². The van der Waals surface area contributed by atoms with Crippen LogP contribution in [0.2, 0.25) is 5.02 Å². The van der Waals surface area contributed by atoms with Crippen molar-refractivity contribution in [3.05, 3.63) is 137 Å². The highest BCUT2D eigenvalue weighted by Crippen LogP contribution is 2.34. The number of aromatic nitrogens is 2. The standard InChI is InChI=1S/C36H32ClN3O5S/c1-5-44-34(42)24-17-15-23(16-18-24)20-39-22(4)27(25-11-8-10-14-29(25)39)19-30-33(41)40-32(26-12-7-9-13-28(26)37)31(35(43)45-6-2)21(3)38-36(40)46-30/h7-19,32H,5-6,20H2,1-4H3/b30-19-/t32-/m0/s1. The zero-order chi connectivity index (χ0) is 32.5. The molecule has 0 fully saturated rings. The van der Waals surface area contributed by atoms with Gasteiger partial charge in [-0.3, -0.25) is 9.36 Å². The number of benzene rings is 3. The fourth-order valence-corrected chi connectivity index (χ4v) is 7.17. The zero-order valence-corrected chi connectivity index (χ0v) is 27.4. The highest BCUT2D eigenvalue weighted by molar-refractivity contribution is 7.07. The molecule has 1 aliphatic rings. The average Bonchev–Trinajstić information content (AvgIpc) is 3.49. The number of hydrogen-bond donors (Lipinski definition) is 0. The summed E-state index contributed by atoms with van der Waals surface area (Å²) >= 11 is 7.93. The van der Waals surface area contributed by atoms with Gasteiger partial charge in [0.1, 0.15) is 6.04 Å². The van der Waals surface area contributed by atoms with Crippen molar-refractivity contribution in [2.75, 3.05) is 13.2 Å². The van der Waals surface area contributed by atoms with Crippen LogP contribution >= 0.6 is 22.9 Å². The summed E-state index contributed by atoms with van der Waals surface area (Å²) in [6.45, 7) is 8.39. The minimum atomic E-state index is -0.786. The van der Waals surface area contributed by atoms with Gasteiger partial charge in [0.05, 0.1) is 34.6 Å². The van der Waals surface area contributed by atoms with Crippen LogP contribution in [0.15, 0.2) is 93.9 Å². The number of para-hydroxylation sites is 1. The van der Waals surface area contributed by atoms with Gasteiger partial charge in [0.15, 0.2) is 4.80 Å². The third-order valence-corrected chi connectivity index (χ3v) is 9.40. The van der Waals surface area contributed by atoms with E-state index >= 15 is 0 Å². The van der Waals surface area contributed by atoms with Gasteiger partial charge >= 0.3 is 11.9 Å². The number of hydrogen-bond acceptors (Lipinski definition) is 7. The lowest BCUT2D eigenvalue weighted by Crippen LogP contribution is -2.40. The van der Waals surface area contributed by atoms with Crippen molar-refractivity contribution in [1.82, 2.24) is 9.13 Å². The molecule has 0 amide bonds. The lowest BCUT2D eigenvalue weighted by molar-refractivity contribution is -0.139. The number of halogens is 1. The van der Waals surface area contributed by atoms with E-state index in [0.717, 1.165) is 27.7 Å². The van der Waals surface area contributed by atoms with Crippen molar-refractivity contribution in [1.29, 1.82) is 0 Å². The molecule has 46 heavy (non-hydrogen) atoms. The molecule has 8 nitrogen and oxygen atoms in total. The highest BCUT2D eigenvalue weighted by atomic mass is 35.5. The molecule has 2 aromatic heterocycles. The first-order valence-electron chi connectivity index (χ1n) is 15.0. The normalized spacial score (nSPS) is 14.7. The predicted molar refractivity (Wildman–Crippen MR) is 180 cm³/mol. The Morgan fingerprint density at radius 2 is 1.61 bits per heavy atom. The Hall–Kier alpha value is -4.73. The van der Waals surface area contributed by atoms with E-state index in [-0.39, 0.29) is 23.7 Å². The Labute approximate surface area is 274 Å². The maximum Gasteiger partial charge on any atom is 0.338 e. The number of esters is 2. The van der Waals surface area contributed by atoms with Crippen molar-refractivity contribution in [3.8, 4) is 0 Å². The molecule has 1 aliphatic heterocycles. The molecule has 0 bridgehead atoms. The molecule has 5 aromatic rings. The second-order valence-electron chi connectivity index (χ2n) is 10.8. The Morgan fingerprint density at radius 1 is 0.935 bits per heavy atom. The van der Waals surface area contributed by atoms with Gasteiger partial charge in [0.25, 0.3) is 5.56 Å². The van der Waals surface area contributed by atoms with Crippen molar-refractivity contribution >= 4 is 51.9 Å². The Bertz CT molecular complexity index is 2210. The van der Waals surface area contributed by atoms with Crippen LogP contribution in [0.25, 0.3) is 17.0 Å². The largest absolute Gasteiger partial charge is 0.463 e. The maximum absolute atomic E-state index is 14.2. The minimum Gasteiger partial charge on any atom is -0.463 e. The van der Waals surface area contributed by atoms with Crippen LogP contribution in [-0.4, -0.2) is 34.3 Å². The molecule has 0 N–H and O–H groups in total. The lowest BCUT2D eigenvalue weighted by atomic mass is 9.96. The van der Waals surface area contributed by atoms with Crippen molar-refractivity contribution in [2.24, 2.45) is 4.99 Å². The molecule has 6 rings (SSSR count). The van der Waals surface area contributed by atoms with Gasteiger partial charge in [0, 0.05) is 33.7 Å². The third-order valence-electron chi connectivity index (χ3n) is 8.08. The maximum atomic E-state index is 14.2. The van der Waals surface area contributed by atoms with Crippen molar-refractivity contribution in [3.63, 3.8) is 0 Å². The second-order valence-corrected chi connectivity index (χ2v) is 12.3. The summed E-state index contributed by atoms with van der Waals surface area (Å²) in [7, 11) is 0. The van der Waals surface area contributed by atoms with Gasteiger partial charge in [0.2, 0.25) is 0 Å². The molecular formula is C36H32ClN3O5S. The molecule has 0 aliphatic carbocycles. The fourth-order valence-electron chi connectivity index (χ4n) is 5.90. The van der Waals surface area contributed by atoms with E-state index in [2.05, 4.69) is 10.6 Å². The second kappa shape index (κ2) is 12.9. The van der Waals surface area contributed by atoms with Crippen LogP contribution in [0.1, 0.15) is 59.6 Å². The SMILES string of the molecule is CCOC(=O)C1=C(C)N=c2s/c(=C\c3c(C)n(Cc4ccc(C(=O)OCC)cc4)c4ccccc34)c(=O)n2[C@H]1c1ccccc1Cl. The van der Waals surface area contributed by atoms with Crippen LogP contribution in [0.5, 0.6) is 0 Å². The van der Waals surface area contributed by atoms with Crippen molar-refractivity contribution in [2.45, 2.75) is 40.3 Å². The summed E-state index contributed by atoms with van der Waals surface area (Å²) in [5, 5.41) is 1.44. The first-order valence-corrected chi connectivity index (χ1v) is 16.2. The van der Waals surface area contributed by atoms with Crippen LogP contribution in [0.3, 0.4) is 0 Å². The number of carbonyl (C=O) groups is 2. The van der Waals surface area contributed by atoms with Gasteiger partial charge in [-0.2, -0.15) is 0 Å². The number of thiazole rings is 1. The van der Waals surface area contributed by atoms with E-state index in [0.29, 0.717) is 44.3 Å². The molecule has 0 unspecified atom stereocenters. The first kappa shape index (κ1) is 31.3. The first-order chi connectivity index (χ1) is 22.2. The van der Waals surface area contributed by atoms with E-state index in [4.69, 9.17) is 26.1 Å². The molecule has 0 spiro atoms. The molecule has 10 heteroatoms. The van der Waals surface area contributed by atoms with E-state index < -0.39 is 12.0 Å². The van der Waals surface area contributed by atoms with Gasteiger partial charge in [-0.25, -0.2) is 14.6 Å². The number of allylic oxidation sites excluding steroid dienone is 1. The molecule has 234 valence electrons. The van der Waals surface area contributed by atoms with E-state index in [1.165, 1.54) is 11.3 Å². The monoisotopic (exact) mass is 653 g/mol.